The summed E-state index contributed by atoms with van der Waals surface area (Å²) in [5.41, 5.74) is 0.250. The highest BCUT2D eigenvalue weighted by atomic mass is 32.2. The maximum absolute atomic E-state index is 13.1. The Kier molecular flexibility index (Phi) is 5.33. The molecule has 10 heteroatoms. The van der Waals surface area contributed by atoms with Gasteiger partial charge in [-0.25, -0.2) is 8.42 Å². The minimum atomic E-state index is -3.98. The number of hydrogen-bond acceptors (Lipinski definition) is 6. The van der Waals surface area contributed by atoms with E-state index < -0.39 is 27.9 Å². The van der Waals surface area contributed by atoms with Crippen molar-refractivity contribution in [2.24, 2.45) is 5.92 Å². The Morgan fingerprint density at radius 3 is 2.59 bits per heavy atom. The summed E-state index contributed by atoms with van der Waals surface area (Å²) in [4.78, 5) is 37.4. The van der Waals surface area contributed by atoms with Crippen LogP contribution in [-0.4, -0.2) is 66.6 Å². The van der Waals surface area contributed by atoms with Gasteiger partial charge in [-0.2, -0.15) is 4.31 Å². The largest absolute Gasteiger partial charge is 0.354 e. The summed E-state index contributed by atoms with van der Waals surface area (Å²) < 4.78 is 27.3. The van der Waals surface area contributed by atoms with Gasteiger partial charge in [-0.05, 0) is 24.1 Å². The van der Waals surface area contributed by atoms with Gasteiger partial charge in [0, 0.05) is 19.3 Å². The van der Waals surface area contributed by atoms with Crippen LogP contribution in [0.15, 0.2) is 23.1 Å². The Hall–Kier alpha value is -1.91. The number of sulfonamides is 1. The van der Waals surface area contributed by atoms with Gasteiger partial charge >= 0.3 is 0 Å². The number of rotatable bonds is 5. The summed E-state index contributed by atoms with van der Waals surface area (Å²) in [7, 11) is -2.63. The van der Waals surface area contributed by atoms with Crippen LogP contribution in [0, 0.1) is 5.92 Å². The highest BCUT2D eigenvalue weighted by Crippen LogP contribution is 2.31. The standard InChI is InChI=1S/C17H21N3O5S2/c1-10(2)7-18-15(21)14-8-26-9-20(14)27(24,25)11-4-5-12-13(6-11)17(23)19(3)16(12)22/h4-6,10,14H,7-9H2,1-3H3,(H,18,21). The number of hydrogen-bond donors (Lipinski definition) is 1. The van der Waals surface area contributed by atoms with Crippen molar-refractivity contribution in [2.45, 2.75) is 24.8 Å². The van der Waals surface area contributed by atoms with Crippen LogP contribution in [0.3, 0.4) is 0 Å². The van der Waals surface area contributed by atoms with Gasteiger partial charge in [0.2, 0.25) is 15.9 Å². The van der Waals surface area contributed by atoms with Gasteiger partial charge in [0.1, 0.15) is 6.04 Å². The number of amides is 3. The molecule has 1 saturated heterocycles. The van der Waals surface area contributed by atoms with Gasteiger partial charge in [0.05, 0.1) is 21.9 Å². The van der Waals surface area contributed by atoms with Gasteiger partial charge in [-0.1, -0.05) is 13.8 Å². The highest BCUT2D eigenvalue weighted by molar-refractivity contribution is 8.00. The second-order valence-corrected chi connectivity index (χ2v) is 9.81. The molecular weight excluding hydrogens is 390 g/mol. The number of carbonyl (C=O) groups excluding carboxylic acids is 3. The molecule has 1 fully saturated rings. The molecule has 3 amide bonds. The van der Waals surface area contributed by atoms with Gasteiger partial charge in [0.25, 0.3) is 11.8 Å². The SMILES string of the molecule is CC(C)CNC(=O)C1CSCN1S(=O)(=O)c1ccc2c(c1)C(=O)N(C)C2=O. The Morgan fingerprint density at radius 2 is 1.93 bits per heavy atom. The molecule has 1 N–H and O–H groups in total. The summed E-state index contributed by atoms with van der Waals surface area (Å²) in [6, 6.07) is 3.08. The predicted octanol–water partition coefficient (Wildman–Crippen LogP) is 0.748. The zero-order chi connectivity index (χ0) is 19.9. The lowest BCUT2D eigenvalue weighted by molar-refractivity contribution is -0.123. The molecule has 2 heterocycles. The van der Waals surface area contributed by atoms with Gasteiger partial charge in [-0.15, -0.1) is 11.8 Å². The van der Waals surface area contributed by atoms with E-state index in [1.165, 1.54) is 37.0 Å². The first-order valence-corrected chi connectivity index (χ1v) is 11.1. The summed E-state index contributed by atoms with van der Waals surface area (Å²) in [5, 5.41) is 2.77. The lowest BCUT2D eigenvalue weighted by Crippen LogP contribution is -2.47. The third kappa shape index (κ3) is 3.48. The van der Waals surface area contributed by atoms with E-state index in [4.69, 9.17) is 0 Å². The Labute approximate surface area is 162 Å². The first-order chi connectivity index (χ1) is 12.6. The molecule has 0 radical (unpaired) electrons. The molecule has 27 heavy (non-hydrogen) atoms. The third-order valence-corrected chi connectivity index (χ3v) is 7.52. The predicted molar refractivity (Wildman–Crippen MR) is 101 cm³/mol. The Bertz CT molecular complexity index is 913. The van der Waals surface area contributed by atoms with Crippen molar-refractivity contribution in [3.05, 3.63) is 29.3 Å². The van der Waals surface area contributed by atoms with Crippen LogP contribution in [-0.2, 0) is 14.8 Å². The number of carbonyl (C=O) groups is 3. The van der Waals surface area contributed by atoms with E-state index in [1.807, 2.05) is 13.8 Å². The van der Waals surface area contributed by atoms with Crippen LogP contribution in [0.5, 0.6) is 0 Å². The number of nitrogens with zero attached hydrogens (tertiary/aromatic N) is 2. The molecule has 1 aromatic rings. The molecule has 146 valence electrons. The third-order valence-electron chi connectivity index (χ3n) is 4.50. The number of benzene rings is 1. The summed E-state index contributed by atoms with van der Waals surface area (Å²) in [5.74, 6) is -0.536. The average molecular weight is 412 g/mol. The monoisotopic (exact) mass is 411 g/mol. The minimum Gasteiger partial charge on any atom is -0.354 e. The first-order valence-electron chi connectivity index (χ1n) is 8.48. The lowest BCUT2D eigenvalue weighted by atomic mass is 10.1. The molecule has 0 saturated carbocycles. The fourth-order valence-electron chi connectivity index (χ4n) is 2.93. The number of nitrogens with one attached hydrogen (secondary N) is 1. The lowest BCUT2D eigenvalue weighted by Gasteiger charge is -2.23. The molecule has 0 bridgehead atoms. The molecule has 1 unspecified atom stereocenters. The molecule has 0 aromatic heterocycles. The van der Waals surface area contributed by atoms with Crippen molar-refractivity contribution >= 4 is 39.5 Å². The second-order valence-electron chi connectivity index (χ2n) is 6.92. The number of imide groups is 1. The van der Waals surface area contributed by atoms with Crippen molar-refractivity contribution < 1.29 is 22.8 Å². The van der Waals surface area contributed by atoms with E-state index in [9.17, 15) is 22.8 Å². The number of thioether (sulfide) groups is 1. The van der Waals surface area contributed by atoms with E-state index in [0.717, 1.165) is 9.21 Å². The van der Waals surface area contributed by atoms with Crippen molar-refractivity contribution in [1.82, 2.24) is 14.5 Å². The van der Waals surface area contributed by atoms with Gasteiger partial charge in [0.15, 0.2) is 0 Å². The van der Waals surface area contributed by atoms with E-state index in [0.29, 0.717) is 12.3 Å². The Balaban J connectivity index is 1.89. The van der Waals surface area contributed by atoms with Gasteiger partial charge in [-0.3, -0.25) is 19.3 Å². The fourth-order valence-corrected chi connectivity index (χ4v) is 6.11. The molecule has 2 aliphatic heterocycles. The van der Waals surface area contributed by atoms with Crippen LogP contribution < -0.4 is 5.32 Å². The fraction of sp³-hybridized carbons (Fsp3) is 0.471. The Morgan fingerprint density at radius 1 is 1.26 bits per heavy atom. The van der Waals surface area contributed by atoms with Crippen molar-refractivity contribution in [2.75, 3.05) is 25.2 Å². The average Bonchev–Trinajstić information content (AvgIpc) is 3.21. The summed E-state index contributed by atoms with van der Waals surface area (Å²) >= 11 is 1.36. The maximum Gasteiger partial charge on any atom is 0.261 e. The van der Waals surface area contributed by atoms with Crippen molar-refractivity contribution in [3.63, 3.8) is 0 Å². The van der Waals surface area contributed by atoms with Crippen LogP contribution in [0.4, 0.5) is 0 Å². The summed E-state index contributed by atoms with van der Waals surface area (Å²) in [6.07, 6.45) is 0. The molecule has 3 rings (SSSR count). The quantitative estimate of drug-likeness (QED) is 0.717. The van der Waals surface area contributed by atoms with E-state index in [2.05, 4.69) is 5.32 Å². The topological polar surface area (TPSA) is 104 Å². The van der Waals surface area contributed by atoms with Crippen LogP contribution in [0.2, 0.25) is 0 Å². The molecular formula is C17H21N3O5S2. The normalized spacial score (nSPS) is 20.4. The summed E-state index contributed by atoms with van der Waals surface area (Å²) in [6.45, 7) is 4.38. The van der Waals surface area contributed by atoms with Gasteiger partial charge < -0.3 is 5.32 Å². The van der Waals surface area contributed by atoms with Crippen molar-refractivity contribution in [1.29, 1.82) is 0 Å². The molecule has 0 aliphatic carbocycles. The van der Waals surface area contributed by atoms with Crippen LogP contribution in [0.25, 0.3) is 0 Å². The molecule has 0 spiro atoms. The van der Waals surface area contributed by atoms with E-state index in [-0.39, 0.29) is 33.7 Å². The van der Waals surface area contributed by atoms with Crippen molar-refractivity contribution in [3.8, 4) is 0 Å². The molecule has 1 atom stereocenters. The van der Waals surface area contributed by atoms with Crippen LogP contribution >= 0.6 is 11.8 Å². The van der Waals surface area contributed by atoms with E-state index in [1.54, 1.807) is 0 Å². The maximum atomic E-state index is 13.1. The molecule has 1 aromatic carbocycles. The smallest absolute Gasteiger partial charge is 0.261 e. The minimum absolute atomic E-state index is 0.0660. The second kappa shape index (κ2) is 7.25. The highest BCUT2D eigenvalue weighted by Gasteiger charge is 2.41. The number of fused-ring (bicyclic) bond motifs is 1. The van der Waals surface area contributed by atoms with Crippen LogP contribution in [0.1, 0.15) is 34.6 Å². The molecule has 2 aliphatic rings. The van der Waals surface area contributed by atoms with E-state index >= 15 is 0 Å². The molecule has 8 nitrogen and oxygen atoms in total. The zero-order valence-electron chi connectivity index (χ0n) is 15.3. The first kappa shape index (κ1) is 19.8. The zero-order valence-corrected chi connectivity index (χ0v) is 16.9.